The van der Waals surface area contributed by atoms with E-state index in [1.165, 1.54) is 13.3 Å². The van der Waals surface area contributed by atoms with Gasteiger partial charge in [-0.2, -0.15) is 15.4 Å². The Balaban J connectivity index is 2.18. The normalized spacial score (nSPS) is 9.81. The molecule has 0 aliphatic carbocycles. The van der Waals surface area contributed by atoms with E-state index in [4.69, 9.17) is 4.74 Å². The van der Waals surface area contributed by atoms with Crippen LogP contribution in [0.25, 0.3) is 0 Å². The van der Waals surface area contributed by atoms with Gasteiger partial charge in [0.05, 0.1) is 13.3 Å². The van der Waals surface area contributed by atoms with Crippen molar-refractivity contribution in [2.24, 2.45) is 0 Å². The average molecular weight is 219 g/mol. The summed E-state index contributed by atoms with van der Waals surface area (Å²) in [7, 11) is 1.48. The van der Waals surface area contributed by atoms with Crippen molar-refractivity contribution in [1.82, 2.24) is 20.4 Å². The van der Waals surface area contributed by atoms with Crippen LogP contribution in [0.5, 0.6) is 5.88 Å². The van der Waals surface area contributed by atoms with E-state index in [2.05, 4.69) is 25.7 Å². The van der Waals surface area contributed by atoms with Crippen LogP contribution in [-0.2, 0) is 0 Å². The smallest absolute Gasteiger partial charge is 0.277 e. The molecule has 7 nitrogen and oxygen atoms in total. The summed E-state index contributed by atoms with van der Waals surface area (Å²) in [6.07, 6.45) is 2.91. The van der Waals surface area contributed by atoms with Crippen LogP contribution < -0.4 is 10.1 Å². The van der Waals surface area contributed by atoms with E-state index in [1.807, 2.05) is 0 Å². The topological polar surface area (TPSA) is 92.8 Å². The summed E-state index contributed by atoms with van der Waals surface area (Å²) >= 11 is 0. The maximum atomic E-state index is 11.6. The number of nitrogens with one attached hydrogen (secondary N) is 2. The van der Waals surface area contributed by atoms with E-state index in [0.29, 0.717) is 11.6 Å². The molecule has 0 fully saturated rings. The quantitative estimate of drug-likeness (QED) is 0.782. The number of nitrogens with zero attached hydrogens (tertiary/aromatic N) is 3. The predicted octanol–water partition coefficient (Wildman–Crippen LogP) is 0.461. The number of anilines is 1. The van der Waals surface area contributed by atoms with Gasteiger partial charge in [0.15, 0.2) is 5.69 Å². The number of amides is 1. The van der Waals surface area contributed by atoms with Crippen LogP contribution in [0.2, 0.25) is 0 Å². The highest BCUT2D eigenvalue weighted by molar-refractivity contribution is 6.03. The van der Waals surface area contributed by atoms with Crippen LogP contribution >= 0.6 is 0 Å². The zero-order chi connectivity index (χ0) is 11.4. The molecule has 16 heavy (non-hydrogen) atoms. The fourth-order valence-electron chi connectivity index (χ4n) is 1.15. The third kappa shape index (κ3) is 1.97. The molecule has 0 unspecified atom stereocenters. The Morgan fingerprint density at radius 1 is 1.56 bits per heavy atom. The molecule has 0 aromatic carbocycles. The maximum Gasteiger partial charge on any atom is 0.277 e. The number of aromatic amines is 1. The number of hydrogen-bond acceptors (Lipinski definition) is 5. The van der Waals surface area contributed by atoms with E-state index >= 15 is 0 Å². The summed E-state index contributed by atoms with van der Waals surface area (Å²) in [6.45, 7) is 0. The zero-order valence-electron chi connectivity index (χ0n) is 8.47. The van der Waals surface area contributed by atoms with Crippen molar-refractivity contribution >= 4 is 11.6 Å². The number of aromatic nitrogens is 4. The zero-order valence-corrected chi connectivity index (χ0v) is 8.47. The number of ether oxygens (including phenoxy) is 1. The molecule has 1 amide bonds. The molecule has 0 aliphatic heterocycles. The third-order valence-electron chi connectivity index (χ3n) is 1.86. The van der Waals surface area contributed by atoms with E-state index in [-0.39, 0.29) is 11.6 Å². The lowest BCUT2D eigenvalue weighted by atomic mass is 10.3. The van der Waals surface area contributed by atoms with Crippen molar-refractivity contribution in [1.29, 1.82) is 0 Å². The first-order chi connectivity index (χ1) is 7.81. The Labute approximate surface area is 90.8 Å². The van der Waals surface area contributed by atoms with Gasteiger partial charge in [-0.05, 0) is 12.1 Å². The van der Waals surface area contributed by atoms with Gasteiger partial charge in [-0.1, -0.05) is 0 Å². The number of hydrogen-bond donors (Lipinski definition) is 2. The first-order valence-corrected chi connectivity index (χ1v) is 4.47. The minimum Gasteiger partial charge on any atom is -0.480 e. The van der Waals surface area contributed by atoms with Gasteiger partial charge in [-0.3, -0.25) is 4.79 Å². The molecule has 7 heteroatoms. The number of carbonyl (C=O) groups excluding carboxylic acids is 1. The van der Waals surface area contributed by atoms with Gasteiger partial charge in [-0.15, -0.1) is 0 Å². The van der Waals surface area contributed by atoms with Crippen molar-refractivity contribution in [3.8, 4) is 5.88 Å². The second-order valence-electron chi connectivity index (χ2n) is 2.87. The molecular formula is C9H9N5O2. The lowest BCUT2D eigenvalue weighted by Crippen LogP contribution is -2.13. The molecule has 0 aliphatic rings. The lowest BCUT2D eigenvalue weighted by Gasteiger charge is -2.06. The van der Waals surface area contributed by atoms with Crippen molar-refractivity contribution in [2.75, 3.05) is 12.4 Å². The molecule has 0 atom stereocenters. The van der Waals surface area contributed by atoms with E-state index in [1.54, 1.807) is 18.3 Å². The molecule has 0 spiro atoms. The van der Waals surface area contributed by atoms with Crippen LogP contribution in [0.1, 0.15) is 10.5 Å². The number of rotatable bonds is 3. The summed E-state index contributed by atoms with van der Waals surface area (Å²) in [5.74, 6) is -0.0283. The fourth-order valence-corrected chi connectivity index (χ4v) is 1.15. The lowest BCUT2D eigenvalue weighted by molar-refractivity contribution is 0.102. The van der Waals surface area contributed by atoms with Gasteiger partial charge in [0.1, 0.15) is 5.69 Å². The van der Waals surface area contributed by atoms with Crippen LogP contribution in [-0.4, -0.2) is 33.4 Å². The Morgan fingerprint density at radius 2 is 2.44 bits per heavy atom. The summed E-state index contributed by atoms with van der Waals surface area (Å²) in [6, 6.07) is 3.38. The Kier molecular flexibility index (Phi) is 2.77. The third-order valence-corrected chi connectivity index (χ3v) is 1.86. The number of carbonyl (C=O) groups is 1. The summed E-state index contributed by atoms with van der Waals surface area (Å²) in [5.41, 5.74) is 0.684. The van der Waals surface area contributed by atoms with Gasteiger partial charge in [0, 0.05) is 6.20 Å². The monoisotopic (exact) mass is 219 g/mol. The molecule has 0 saturated carbocycles. The number of H-pyrrole nitrogens is 1. The predicted molar refractivity (Wildman–Crippen MR) is 55.1 cm³/mol. The van der Waals surface area contributed by atoms with Crippen LogP contribution in [0.3, 0.4) is 0 Å². The van der Waals surface area contributed by atoms with E-state index < -0.39 is 0 Å². The summed E-state index contributed by atoms with van der Waals surface area (Å²) < 4.78 is 4.99. The van der Waals surface area contributed by atoms with Crippen molar-refractivity contribution in [2.45, 2.75) is 0 Å². The molecule has 2 aromatic heterocycles. The molecule has 82 valence electrons. The van der Waals surface area contributed by atoms with Crippen molar-refractivity contribution in [3.05, 3.63) is 30.2 Å². The van der Waals surface area contributed by atoms with E-state index in [0.717, 1.165) is 0 Å². The van der Waals surface area contributed by atoms with E-state index in [9.17, 15) is 4.79 Å². The molecule has 0 radical (unpaired) electrons. The first-order valence-electron chi connectivity index (χ1n) is 4.47. The number of methoxy groups -OCH3 is 1. The highest BCUT2D eigenvalue weighted by Crippen LogP contribution is 2.19. The largest absolute Gasteiger partial charge is 0.480 e. The minimum atomic E-state index is -0.375. The second kappa shape index (κ2) is 4.39. The molecular weight excluding hydrogens is 210 g/mol. The van der Waals surface area contributed by atoms with Crippen LogP contribution in [0, 0.1) is 0 Å². The van der Waals surface area contributed by atoms with Gasteiger partial charge in [0.25, 0.3) is 5.91 Å². The maximum absolute atomic E-state index is 11.6. The van der Waals surface area contributed by atoms with Crippen LogP contribution in [0.4, 0.5) is 5.69 Å². The standard InChI is InChI=1S/C9H9N5O2/c1-16-9-6(3-2-4-10-9)12-8(15)7-5-11-14-13-7/h2-5H,1H3,(H,12,15)(H,11,13,14). The molecule has 2 N–H and O–H groups in total. The summed E-state index contributed by atoms with van der Waals surface area (Å²) in [5, 5.41) is 12.2. The van der Waals surface area contributed by atoms with Crippen LogP contribution in [0.15, 0.2) is 24.5 Å². The fraction of sp³-hybridized carbons (Fsp3) is 0.111. The highest BCUT2D eigenvalue weighted by atomic mass is 16.5. The Hall–Kier alpha value is -2.44. The summed E-state index contributed by atoms with van der Waals surface area (Å²) in [4.78, 5) is 15.6. The Bertz CT molecular complexity index is 482. The highest BCUT2D eigenvalue weighted by Gasteiger charge is 2.11. The average Bonchev–Trinajstić information content (AvgIpc) is 2.83. The van der Waals surface area contributed by atoms with Crippen molar-refractivity contribution in [3.63, 3.8) is 0 Å². The van der Waals surface area contributed by atoms with Gasteiger partial charge in [-0.25, -0.2) is 4.98 Å². The molecule has 0 bridgehead atoms. The second-order valence-corrected chi connectivity index (χ2v) is 2.87. The molecule has 2 heterocycles. The molecule has 0 saturated heterocycles. The molecule has 2 aromatic rings. The first kappa shape index (κ1) is 10.1. The number of pyridine rings is 1. The van der Waals surface area contributed by atoms with Crippen molar-refractivity contribution < 1.29 is 9.53 Å². The SMILES string of the molecule is COc1ncccc1NC(=O)c1cn[nH]n1. The van der Waals surface area contributed by atoms with Gasteiger partial charge < -0.3 is 10.1 Å². The molecule has 2 rings (SSSR count). The van der Waals surface area contributed by atoms with Gasteiger partial charge >= 0.3 is 0 Å². The minimum absolute atomic E-state index is 0.200. The van der Waals surface area contributed by atoms with Gasteiger partial charge in [0.2, 0.25) is 5.88 Å². The Morgan fingerprint density at radius 3 is 3.12 bits per heavy atom.